The lowest BCUT2D eigenvalue weighted by Crippen LogP contribution is -2.42. The molecule has 0 bridgehead atoms. The van der Waals surface area contributed by atoms with Crippen LogP contribution < -0.4 is 5.32 Å². The number of carbonyl (C=O) groups is 1. The highest BCUT2D eigenvalue weighted by atomic mass is 19.1. The Kier molecular flexibility index (Phi) is 5.73. The maximum absolute atomic E-state index is 14.1. The number of aromatic amines is 1. The molecule has 2 aromatic rings. The van der Waals surface area contributed by atoms with E-state index in [1.165, 1.54) is 24.4 Å². The first-order chi connectivity index (χ1) is 14.4. The minimum Gasteiger partial charge on any atom is -0.391 e. The molecule has 2 aromatic heterocycles. The summed E-state index contributed by atoms with van der Waals surface area (Å²) < 4.78 is 33.0. The van der Waals surface area contributed by atoms with E-state index in [0.717, 1.165) is 6.08 Å². The molecule has 9 nitrogen and oxygen atoms in total. The van der Waals surface area contributed by atoms with Gasteiger partial charge in [-0.15, -0.1) is 0 Å². The van der Waals surface area contributed by atoms with E-state index in [1.807, 2.05) is 0 Å². The van der Waals surface area contributed by atoms with Crippen molar-refractivity contribution >= 4 is 22.8 Å². The van der Waals surface area contributed by atoms with Crippen LogP contribution in [0.2, 0.25) is 0 Å². The Bertz CT molecular complexity index is 1010. The number of aliphatic hydroxyl groups excluding tert-OH is 1. The second-order valence-electron chi connectivity index (χ2n) is 7.37. The summed E-state index contributed by atoms with van der Waals surface area (Å²) in [6.45, 7) is 0.687. The van der Waals surface area contributed by atoms with Crippen LogP contribution in [0.3, 0.4) is 0 Å². The van der Waals surface area contributed by atoms with Crippen molar-refractivity contribution in [2.24, 2.45) is 0 Å². The highest BCUT2D eigenvalue weighted by Gasteiger charge is 2.28. The number of rotatable bonds is 5. The van der Waals surface area contributed by atoms with Gasteiger partial charge in [0, 0.05) is 26.6 Å². The summed E-state index contributed by atoms with van der Waals surface area (Å²) in [6, 6.07) is -0.401. The summed E-state index contributed by atoms with van der Waals surface area (Å²) in [7, 11) is 1.49. The van der Waals surface area contributed by atoms with Gasteiger partial charge in [-0.2, -0.15) is 5.10 Å². The topological polar surface area (TPSA) is 116 Å². The number of nitrogens with one attached hydrogen (secondary N) is 2. The molecule has 1 unspecified atom stereocenters. The first-order valence-electron chi connectivity index (χ1n) is 9.61. The monoisotopic (exact) mass is 420 g/mol. The molecule has 2 aliphatic rings. The number of halogens is 2. The fraction of sp³-hybridized carbons (Fsp3) is 0.474. The number of nitrogens with zero attached hydrogens (tertiary/aromatic N) is 4. The van der Waals surface area contributed by atoms with E-state index in [-0.39, 0.29) is 29.9 Å². The number of likely N-dealkylation sites (N-methyl/N-ethyl adjacent to an activating group) is 1. The van der Waals surface area contributed by atoms with Crippen molar-refractivity contribution in [3.8, 4) is 0 Å². The molecule has 1 saturated heterocycles. The van der Waals surface area contributed by atoms with Crippen molar-refractivity contribution < 1.29 is 23.4 Å². The predicted octanol–water partition coefficient (Wildman–Crippen LogP) is 1.51. The third-order valence-corrected chi connectivity index (χ3v) is 5.22. The number of fused-ring (bicyclic) bond motifs is 1. The molecule has 1 amide bonds. The molecule has 1 aliphatic carbocycles. The van der Waals surface area contributed by atoms with Gasteiger partial charge in [-0.05, 0) is 24.1 Å². The van der Waals surface area contributed by atoms with Gasteiger partial charge in [0.2, 0.25) is 0 Å². The number of H-pyrrole nitrogens is 1. The summed E-state index contributed by atoms with van der Waals surface area (Å²) in [5.74, 6) is -0.659. The van der Waals surface area contributed by atoms with Crippen molar-refractivity contribution in [2.45, 2.75) is 31.2 Å². The molecule has 0 radical (unpaired) electrons. The van der Waals surface area contributed by atoms with E-state index in [9.17, 15) is 18.7 Å². The number of alkyl halides is 1. The normalized spacial score (nSPS) is 24.3. The fourth-order valence-corrected chi connectivity index (χ4v) is 3.54. The maximum Gasteiger partial charge on any atom is 0.272 e. The highest BCUT2D eigenvalue weighted by Crippen LogP contribution is 2.26. The van der Waals surface area contributed by atoms with Gasteiger partial charge in [-0.1, -0.05) is 0 Å². The van der Waals surface area contributed by atoms with Crippen molar-refractivity contribution in [3.05, 3.63) is 35.6 Å². The zero-order valence-corrected chi connectivity index (χ0v) is 16.3. The van der Waals surface area contributed by atoms with Gasteiger partial charge < -0.3 is 20.1 Å². The van der Waals surface area contributed by atoms with E-state index in [0.29, 0.717) is 30.8 Å². The number of aromatic nitrogens is 4. The van der Waals surface area contributed by atoms with E-state index >= 15 is 0 Å². The molecule has 4 rings (SSSR count). The third-order valence-electron chi connectivity index (χ3n) is 5.22. The van der Waals surface area contributed by atoms with Crippen molar-refractivity contribution in [2.75, 3.05) is 32.1 Å². The molecule has 3 heterocycles. The largest absolute Gasteiger partial charge is 0.391 e. The first-order valence-corrected chi connectivity index (χ1v) is 9.61. The minimum atomic E-state index is -1.34. The summed E-state index contributed by atoms with van der Waals surface area (Å²) >= 11 is 0. The van der Waals surface area contributed by atoms with Crippen LogP contribution >= 0.6 is 0 Å². The van der Waals surface area contributed by atoms with Gasteiger partial charge in [0.05, 0.1) is 24.1 Å². The number of ether oxygens (including phenoxy) is 1. The second kappa shape index (κ2) is 8.44. The van der Waals surface area contributed by atoms with Gasteiger partial charge >= 0.3 is 0 Å². The quantitative estimate of drug-likeness (QED) is 0.671. The smallest absolute Gasteiger partial charge is 0.272 e. The van der Waals surface area contributed by atoms with Crippen molar-refractivity contribution in [3.63, 3.8) is 0 Å². The Morgan fingerprint density at radius 1 is 1.47 bits per heavy atom. The van der Waals surface area contributed by atoms with Crippen LogP contribution in [0, 0.1) is 0 Å². The standard InChI is InChI=1S/C19H22F2N6O3/c1-27(7-10-6-11(20)2-3-12(10)21)19(29)16-15-17(22-9-23-18(15)26-25-16)24-13-8-30-5-4-14(13)28/h2,6,9,12-14,28H,3-5,7-8H2,1H3,(H2,22,23,24,25,26)/t12?,13-,14-/m1/s1. The molecule has 0 saturated carbocycles. The summed E-state index contributed by atoms with van der Waals surface area (Å²) in [4.78, 5) is 22.6. The predicted molar refractivity (Wildman–Crippen MR) is 104 cm³/mol. The fourth-order valence-electron chi connectivity index (χ4n) is 3.54. The number of allylic oxidation sites excluding steroid dienone is 3. The molecular weight excluding hydrogens is 398 g/mol. The molecular formula is C19H22F2N6O3. The average molecular weight is 420 g/mol. The third kappa shape index (κ3) is 4.03. The zero-order valence-electron chi connectivity index (χ0n) is 16.3. The van der Waals surface area contributed by atoms with E-state index in [2.05, 4.69) is 25.5 Å². The van der Waals surface area contributed by atoms with E-state index < -0.39 is 30.1 Å². The molecule has 0 aromatic carbocycles. The Morgan fingerprint density at radius 3 is 3.10 bits per heavy atom. The van der Waals surface area contributed by atoms with Crippen LogP contribution in [0.25, 0.3) is 11.0 Å². The van der Waals surface area contributed by atoms with E-state index in [4.69, 9.17) is 4.74 Å². The molecule has 11 heteroatoms. The molecule has 0 spiro atoms. The average Bonchev–Trinajstić information content (AvgIpc) is 3.17. The summed E-state index contributed by atoms with van der Waals surface area (Å²) in [5.41, 5.74) is 0.570. The lowest BCUT2D eigenvalue weighted by molar-refractivity contribution is 0.00308. The number of amides is 1. The minimum absolute atomic E-state index is 0.0552. The van der Waals surface area contributed by atoms with Gasteiger partial charge in [-0.25, -0.2) is 18.7 Å². The summed E-state index contributed by atoms with van der Waals surface area (Å²) in [5, 5.41) is 20.4. The second-order valence-corrected chi connectivity index (χ2v) is 7.37. The van der Waals surface area contributed by atoms with Crippen LogP contribution in [0.4, 0.5) is 14.6 Å². The van der Waals surface area contributed by atoms with Crippen LogP contribution in [0.15, 0.2) is 29.9 Å². The van der Waals surface area contributed by atoms with Crippen LogP contribution in [-0.2, 0) is 4.74 Å². The number of hydrogen-bond acceptors (Lipinski definition) is 7. The Morgan fingerprint density at radius 2 is 2.30 bits per heavy atom. The summed E-state index contributed by atoms with van der Waals surface area (Å²) in [6.07, 6.45) is 2.05. The number of anilines is 1. The molecule has 3 N–H and O–H groups in total. The van der Waals surface area contributed by atoms with Crippen LogP contribution in [0.5, 0.6) is 0 Å². The van der Waals surface area contributed by atoms with Crippen LogP contribution in [0.1, 0.15) is 23.3 Å². The number of aliphatic hydroxyl groups is 1. The lowest BCUT2D eigenvalue weighted by atomic mass is 10.0. The molecule has 160 valence electrons. The zero-order chi connectivity index (χ0) is 21.3. The Balaban J connectivity index is 1.59. The molecule has 1 aliphatic heterocycles. The van der Waals surface area contributed by atoms with Gasteiger partial charge in [0.25, 0.3) is 5.91 Å². The van der Waals surface area contributed by atoms with Gasteiger partial charge in [0.15, 0.2) is 5.65 Å². The SMILES string of the molecule is CN(CC1=CC(F)=CCC1F)C(=O)c1[nH]nc2ncnc(N[C@@H]3COCC[C@H]3O)c12. The Hall–Kier alpha value is -2.92. The molecule has 3 atom stereocenters. The van der Waals surface area contributed by atoms with E-state index in [1.54, 1.807) is 0 Å². The molecule has 1 fully saturated rings. The molecule has 30 heavy (non-hydrogen) atoms. The number of carbonyl (C=O) groups excluding carboxylic acids is 1. The van der Waals surface area contributed by atoms with Gasteiger partial charge in [0.1, 0.15) is 29.8 Å². The van der Waals surface area contributed by atoms with Crippen LogP contribution in [-0.4, -0.2) is 81.2 Å². The number of hydrogen-bond donors (Lipinski definition) is 3. The lowest BCUT2D eigenvalue weighted by Gasteiger charge is -2.29. The maximum atomic E-state index is 14.1. The Labute approximate surface area is 170 Å². The van der Waals surface area contributed by atoms with Crippen molar-refractivity contribution in [1.82, 2.24) is 25.1 Å². The first kappa shape index (κ1) is 20.4. The van der Waals surface area contributed by atoms with Crippen molar-refractivity contribution in [1.29, 1.82) is 0 Å². The van der Waals surface area contributed by atoms with Gasteiger partial charge in [-0.3, -0.25) is 9.89 Å². The highest BCUT2D eigenvalue weighted by molar-refractivity contribution is 6.07.